The van der Waals surface area contributed by atoms with Crippen molar-refractivity contribution in [2.75, 3.05) is 33.4 Å². The highest BCUT2D eigenvalue weighted by Crippen LogP contribution is 2.23. The van der Waals surface area contributed by atoms with Crippen LogP contribution in [0.25, 0.3) is 0 Å². The summed E-state index contributed by atoms with van der Waals surface area (Å²) in [5.74, 6) is -0.381. The number of urea groups is 1. The predicted molar refractivity (Wildman–Crippen MR) is 71.1 cm³/mol. The SMILES string of the molecule is CN(CC1CCCCC1)C(=O)NCCOCC(=O)O. The summed E-state index contributed by atoms with van der Waals surface area (Å²) in [5, 5.41) is 11.1. The van der Waals surface area contributed by atoms with Gasteiger partial charge in [-0.2, -0.15) is 0 Å². The van der Waals surface area contributed by atoms with Crippen molar-refractivity contribution >= 4 is 12.0 Å². The number of aliphatic carboxylic acids is 1. The highest BCUT2D eigenvalue weighted by atomic mass is 16.5. The first-order chi connectivity index (χ1) is 9.09. The maximum atomic E-state index is 11.8. The minimum atomic E-state index is -0.999. The molecule has 6 heteroatoms. The molecule has 19 heavy (non-hydrogen) atoms. The molecule has 2 amide bonds. The van der Waals surface area contributed by atoms with Gasteiger partial charge in [0.05, 0.1) is 6.61 Å². The Kier molecular flexibility index (Phi) is 7.25. The van der Waals surface area contributed by atoms with Crippen LogP contribution in [-0.2, 0) is 9.53 Å². The maximum Gasteiger partial charge on any atom is 0.329 e. The number of hydrogen-bond acceptors (Lipinski definition) is 3. The van der Waals surface area contributed by atoms with Gasteiger partial charge in [0.1, 0.15) is 6.61 Å². The molecule has 1 saturated carbocycles. The molecule has 0 aliphatic heterocycles. The molecule has 1 aliphatic rings. The average molecular weight is 272 g/mol. The lowest BCUT2D eigenvalue weighted by atomic mass is 9.89. The largest absolute Gasteiger partial charge is 0.480 e. The summed E-state index contributed by atoms with van der Waals surface area (Å²) in [5.41, 5.74) is 0. The zero-order chi connectivity index (χ0) is 14.1. The number of rotatable bonds is 7. The summed E-state index contributed by atoms with van der Waals surface area (Å²) in [6.07, 6.45) is 6.26. The van der Waals surface area contributed by atoms with Crippen LogP contribution in [0.15, 0.2) is 0 Å². The van der Waals surface area contributed by atoms with Gasteiger partial charge >= 0.3 is 12.0 Å². The molecular formula is C13H24N2O4. The first-order valence-electron chi connectivity index (χ1n) is 6.88. The molecule has 0 aromatic carbocycles. The van der Waals surface area contributed by atoms with Gasteiger partial charge < -0.3 is 20.1 Å². The molecule has 110 valence electrons. The van der Waals surface area contributed by atoms with E-state index in [1.165, 1.54) is 32.1 Å². The van der Waals surface area contributed by atoms with Crippen LogP contribution in [0.2, 0.25) is 0 Å². The van der Waals surface area contributed by atoms with E-state index in [9.17, 15) is 9.59 Å². The zero-order valence-electron chi connectivity index (χ0n) is 11.6. The van der Waals surface area contributed by atoms with E-state index in [1.807, 2.05) is 0 Å². The standard InChI is InChI=1S/C13H24N2O4/c1-15(9-11-5-3-2-4-6-11)13(18)14-7-8-19-10-12(16)17/h11H,2-10H2,1H3,(H,14,18)(H,16,17). The van der Waals surface area contributed by atoms with Crippen LogP contribution in [0.5, 0.6) is 0 Å². The molecule has 1 rings (SSSR count). The van der Waals surface area contributed by atoms with Gasteiger partial charge in [-0.3, -0.25) is 0 Å². The van der Waals surface area contributed by atoms with Crippen LogP contribution >= 0.6 is 0 Å². The van der Waals surface area contributed by atoms with E-state index < -0.39 is 5.97 Å². The number of carbonyl (C=O) groups excluding carboxylic acids is 1. The Morgan fingerprint density at radius 1 is 1.32 bits per heavy atom. The average Bonchev–Trinajstić information content (AvgIpc) is 2.38. The fraction of sp³-hybridized carbons (Fsp3) is 0.846. The zero-order valence-corrected chi connectivity index (χ0v) is 11.6. The second-order valence-corrected chi connectivity index (χ2v) is 5.06. The predicted octanol–water partition coefficient (Wildman–Crippen LogP) is 1.31. The molecule has 6 nitrogen and oxygen atoms in total. The van der Waals surface area contributed by atoms with Gasteiger partial charge in [0.15, 0.2) is 0 Å². The Morgan fingerprint density at radius 3 is 2.63 bits per heavy atom. The van der Waals surface area contributed by atoms with E-state index >= 15 is 0 Å². The van der Waals surface area contributed by atoms with Crippen LogP contribution in [-0.4, -0.2) is 55.4 Å². The van der Waals surface area contributed by atoms with Crippen molar-refractivity contribution in [3.63, 3.8) is 0 Å². The summed E-state index contributed by atoms with van der Waals surface area (Å²) in [4.78, 5) is 23.7. The molecule has 0 bridgehead atoms. The molecule has 0 saturated heterocycles. The fourth-order valence-corrected chi connectivity index (χ4v) is 2.36. The maximum absolute atomic E-state index is 11.8. The molecule has 0 radical (unpaired) electrons. The van der Waals surface area contributed by atoms with Crippen LogP contribution < -0.4 is 5.32 Å². The van der Waals surface area contributed by atoms with Gasteiger partial charge in [0.2, 0.25) is 0 Å². The van der Waals surface area contributed by atoms with Crippen molar-refractivity contribution in [2.24, 2.45) is 5.92 Å². The Hall–Kier alpha value is -1.30. The second kappa shape index (κ2) is 8.74. The molecule has 0 aromatic heterocycles. The number of amides is 2. The lowest BCUT2D eigenvalue weighted by molar-refractivity contribution is -0.142. The van der Waals surface area contributed by atoms with E-state index in [0.29, 0.717) is 12.5 Å². The van der Waals surface area contributed by atoms with Gasteiger partial charge in [0, 0.05) is 20.1 Å². The Balaban J connectivity index is 2.08. The summed E-state index contributed by atoms with van der Waals surface area (Å²) in [7, 11) is 1.79. The van der Waals surface area contributed by atoms with Gasteiger partial charge in [-0.15, -0.1) is 0 Å². The second-order valence-electron chi connectivity index (χ2n) is 5.06. The Labute approximate surface area is 114 Å². The lowest BCUT2D eigenvalue weighted by Crippen LogP contribution is -2.41. The van der Waals surface area contributed by atoms with Crippen molar-refractivity contribution in [1.29, 1.82) is 0 Å². The topological polar surface area (TPSA) is 78.9 Å². The Bertz CT molecular complexity index is 290. The number of nitrogens with zero attached hydrogens (tertiary/aromatic N) is 1. The monoisotopic (exact) mass is 272 g/mol. The minimum Gasteiger partial charge on any atom is -0.480 e. The molecular weight excluding hydrogens is 248 g/mol. The van der Waals surface area contributed by atoms with E-state index in [1.54, 1.807) is 11.9 Å². The minimum absolute atomic E-state index is 0.121. The van der Waals surface area contributed by atoms with Gasteiger partial charge in [-0.25, -0.2) is 9.59 Å². The van der Waals surface area contributed by atoms with Crippen molar-refractivity contribution in [1.82, 2.24) is 10.2 Å². The summed E-state index contributed by atoms with van der Waals surface area (Å²) in [6, 6.07) is -0.121. The molecule has 1 aliphatic carbocycles. The molecule has 1 fully saturated rings. The van der Waals surface area contributed by atoms with Crippen molar-refractivity contribution in [3.05, 3.63) is 0 Å². The molecule has 0 heterocycles. The van der Waals surface area contributed by atoms with Crippen molar-refractivity contribution < 1.29 is 19.4 Å². The third-order valence-corrected chi connectivity index (χ3v) is 3.35. The van der Waals surface area contributed by atoms with Gasteiger partial charge in [0.25, 0.3) is 0 Å². The quantitative estimate of drug-likeness (QED) is 0.685. The van der Waals surface area contributed by atoms with E-state index in [4.69, 9.17) is 9.84 Å². The summed E-state index contributed by atoms with van der Waals surface area (Å²) < 4.78 is 4.84. The number of hydrogen-bond donors (Lipinski definition) is 2. The van der Waals surface area contributed by atoms with E-state index in [-0.39, 0.29) is 19.2 Å². The van der Waals surface area contributed by atoms with Gasteiger partial charge in [-0.05, 0) is 18.8 Å². The summed E-state index contributed by atoms with van der Waals surface area (Å²) >= 11 is 0. The van der Waals surface area contributed by atoms with E-state index in [0.717, 1.165) is 6.54 Å². The first-order valence-corrected chi connectivity index (χ1v) is 6.88. The third kappa shape index (κ3) is 7.00. The molecule has 0 atom stereocenters. The van der Waals surface area contributed by atoms with E-state index in [2.05, 4.69) is 5.32 Å². The highest BCUT2D eigenvalue weighted by molar-refractivity contribution is 5.73. The molecule has 0 unspecified atom stereocenters. The third-order valence-electron chi connectivity index (χ3n) is 3.35. The smallest absolute Gasteiger partial charge is 0.329 e. The molecule has 0 spiro atoms. The van der Waals surface area contributed by atoms with Crippen molar-refractivity contribution in [3.8, 4) is 0 Å². The van der Waals surface area contributed by atoms with Crippen LogP contribution in [0.1, 0.15) is 32.1 Å². The molecule has 0 aromatic rings. The van der Waals surface area contributed by atoms with Crippen molar-refractivity contribution in [2.45, 2.75) is 32.1 Å². The highest BCUT2D eigenvalue weighted by Gasteiger charge is 2.17. The summed E-state index contributed by atoms with van der Waals surface area (Å²) in [6.45, 7) is 1.02. The first kappa shape index (κ1) is 15.8. The van der Waals surface area contributed by atoms with Crippen LogP contribution in [0.3, 0.4) is 0 Å². The number of nitrogens with one attached hydrogen (secondary N) is 1. The number of ether oxygens (including phenoxy) is 1. The number of carbonyl (C=O) groups is 2. The molecule has 2 N–H and O–H groups in total. The normalized spacial score (nSPS) is 16.1. The number of carboxylic acids is 1. The van der Waals surface area contributed by atoms with Crippen LogP contribution in [0.4, 0.5) is 4.79 Å². The Morgan fingerprint density at radius 2 is 2.00 bits per heavy atom. The van der Waals surface area contributed by atoms with Gasteiger partial charge in [-0.1, -0.05) is 19.3 Å². The lowest BCUT2D eigenvalue weighted by Gasteiger charge is -2.27. The fourth-order valence-electron chi connectivity index (χ4n) is 2.36. The number of carboxylic acid groups (broad SMARTS) is 1. The van der Waals surface area contributed by atoms with Crippen LogP contribution in [0, 0.1) is 5.92 Å².